The molecule has 1 heterocycles. The summed E-state index contributed by atoms with van der Waals surface area (Å²) >= 11 is 0. The summed E-state index contributed by atoms with van der Waals surface area (Å²) in [7, 11) is 0. The normalized spacial score (nSPS) is 13.2. The molecular formula is C54H39N3. The molecule has 0 radical (unpaired) electrons. The van der Waals surface area contributed by atoms with Gasteiger partial charge in [-0.2, -0.15) is 0 Å². The molecule has 1 aromatic heterocycles. The van der Waals surface area contributed by atoms with Crippen molar-refractivity contribution >= 4 is 81.7 Å². The third-order valence-corrected chi connectivity index (χ3v) is 11.8. The van der Waals surface area contributed by atoms with E-state index in [9.17, 15) is 0 Å². The van der Waals surface area contributed by atoms with Gasteiger partial charge in [-0.15, -0.1) is 0 Å². The van der Waals surface area contributed by atoms with Crippen LogP contribution in [0.1, 0.15) is 28.9 Å². The first kappa shape index (κ1) is 33.3. The van der Waals surface area contributed by atoms with Gasteiger partial charge in [0.1, 0.15) is 0 Å². The average Bonchev–Trinajstić information content (AvgIpc) is 3.63. The Morgan fingerprint density at radius 1 is 0.439 bits per heavy atom. The SMILES string of the molecule is NC(NC(/C=C/c1ccc2ccccc2c1)c1ccc2ccccc2c1)c1ccc(-n2c3ccccc3c3c4c5ccccc5ccc4c4ccccc4c32)cc1. The molecule has 10 aromatic carbocycles. The van der Waals surface area contributed by atoms with Crippen molar-refractivity contribution in [3.63, 3.8) is 0 Å². The molecule has 11 aromatic rings. The van der Waals surface area contributed by atoms with Gasteiger partial charge in [0.05, 0.1) is 23.2 Å². The summed E-state index contributed by atoms with van der Waals surface area (Å²) in [6.45, 7) is 0. The van der Waals surface area contributed by atoms with Crippen LogP contribution in [0.3, 0.4) is 0 Å². The van der Waals surface area contributed by atoms with Crippen LogP contribution in [-0.2, 0) is 0 Å². The van der Waals surface area contributed by atoms with E-state index in [1.54, 1.807) is 0 Å². The number of hydrogen-bond donors (Lipinski definition) is 2. The Hall–Kier alpha value is -7.04. The van der Waals surface area contributed by atoms with Crippen LogP contribution in [0, 0.1) is 0 Å². The lowest BCUT2D eigenvalue weighted by atomic mass is 9.93. The van der Waals surface area contributed by atoms with Crippen LogP contribution in [0.25, 0.3) is 87.4 Å². The minimum Gasteiger partial charge on any atom is -0.312 e. The molecular weight excluding hydrogens is 691 g/mol. The van der Waals surface area contributed by atoms with Crippen molar-refractivity contribution in [2.75, 3.05) is 0 Å². The van der Waals surface area contributed by atoms with Gasteiger partial charge in [0, 0.05) is 27.2 Å². The van der Waals surface area contributed by atoms with Crippen molar-refractivity contribution in [3.8, 4) is 5.69 Å². The highest BCUT2D eigenvalue weighted by atomic mass is 15.0. The fourth-order valence-corrected chi connectivity index (χ4v) is 9.01. The maximum absolute atomic E-state index is 7.08. The average molecular weight is 730 g/mol. The van der Waals surface area contributed by atoms with E-state index in [0.29, 0.717) is 0 Å². The molecule has 2 unspecified atom stereocenters. The standard InChI is InChI=1S/C54H39N3/c55-54(56-49(42-25-24-37-12-2-4-15-41(37)34-42)32-22-35-21-23-36-11-1-3-14-40(36)33-35)39-26-29-43(30-27-39)57-50-20-10-9-19-48(50)52-51-44-16-6-5-13-38(44)28-31-46(51)45-17-7-8-18-47(45)53(52)57/h1-34,49,54,56H,55H2/b32-22+. The van der Waals surface area contributed by atoms with E-state index < -0.39 is 6.17 Å². The molecule has 0 aliphatic heterocycles. The van der Waals surface area contributed by atoms with Gasteiger partial charge in [0.2, 0.25) is 0 Å². The smallest absolute Gasteiger partial charge is 0.0817 e. The van der Waals surface area contributed by atoms with Gasteiger partial charge in [0.15, 0.2) is 0 Å². The second-order valence-electron chi connectivity index (χ2n) is 15.1. The zero-order valence-corrected chi connectivity index (χ0v) is 31.3. The zero-order chi connectivity index (χ0) is 37.9. The second kappa shape index (κ2) is 13.6. The van der Waals surface area contributed by atoms with E-state index in [1.807, 2.05) is 0 Å². The van der Waals surface area contributed by atoms with Crippen molar-refractivity contribution < 1.29 is 0 Å². The highest BCUT2D eigenvalue weighted by Crippen LogP contribution is 2.44. The fourth-order valence-electron chi connectivity index (χ4n) is 9.01. The first-order valence-electron chi connectivity index (χ1n) is 19.7. The van der Waals surface area contributed by atoms with Gasteiger partial charge >= 0.3 is 0 Å². The van der Waals surface area contributed by atoms with Crippen molar-refractivity contribution in [2.24, 2.45) is 5.73 Å². The highest BCUT2D eigenvalue weighted by molar-refractivity contribution is 6.36. The molecule has 57 heavy (non-hydrogen) atoms. The van der Waals surface area contributed by atoms with Crippen LogP contribution in [0.4, 0.5) is 0 Å². The van der Waals surface area contributed by atoms with Crippen LogP contribution in [-0.4, -0.2) is 4.57 Å². The largest absolute Gasteiger partial charge is 0.312 e. The van der Waals surface area contributed by atoms with Gasteiger partial charge < -0.3 is 10.3 Å². The number of fused-ring (bicyclic) bond motifs is 12. The number of para-hydroxylation sites is 1. The Bertz CT molecular complexity index is 3350. The molecule has 0 amide bonds. The van der Waals surface area contributed by atoms with Gasteiger partial charge in [-0.3, -0.25) is 5.32 Å². The molecule has 0 aliphatic rings. The van der Waals surface area contributed by atoms with Crippen molar-refractivity contribution in [1.82, 2.24) is 9.88 Å². The number of benzene rings is 10. The number of aromatic nitrogens is 1. The van der Waals surface area contributed by atoms with E-state index in [4.69, 9.17) is 5.73 Å². The first-order chi connectivity index (χ1) is 28.2. The van der Waals surface area contributed by atoms with E-state index in [-0.39, 0.29) is 6.04 Å². The van der Waals surface area contributed by atoms with E-state index in [2.05, 4.69) is 216 Å². The summed E-state index contributed by atoms with van der Waals surface area (Å²) in [6.07, 6.45) is 4.03. The van der Waals surface area contributed by atoms with Crippen LogP contribution in [0.5, 0.6) is 0 Å². The Balaban J connectivity index is 1.01. The van der Waals surface area contributed by atoms with Gasteiger partial charge in [-0.25, -0.2) is 0 Å². The van der Waals surface area contributed by atoms with Crippen LogP contribution in [0.2, 0.25) is 0 Å². The molecule has 0 aliphatic carbocycles. The minimum atomic E-state index is -0.411. The highest BCUT2D eigenvalue weighted by Gasteiger charge is 2.21. The van der Waals surface area contributed by atoms with Gasteiger partial charge in [-0.05, 0) is 90.1 Å². The second-order valence-corrected chi connectivity index (χ2v) is 15.1. The molecule has 0 fully saturated rings. The predicted octanol–water partition coefficient (Wildman–Crippen LogP) is 13.6. The Labute approximate surface area is 330 Å². The summed E-state index contributed by atoms with van der Waals surface area (Å²) in [4.78, 5) is 0. The molecule has 11 rings (SSSR count). The third kappa shape index (κ3) is 5.67. The third-order valence-electron chi connectivity index (χ3n) is 11.8. The lowest BCUT2D eigenvalue weighted by molar-refractivity contribution is 0.509. The summed E-state index contributed by atoms with van der Waals surface area (Å²) < 4.78 is 2.45. The fraction of sp³-hybridized carbons (Fsp3) is 0.0370. The van der Waals surface area contributed by atoms with Crippen molar-refractivity contribution in [2.45, 2.75) is 12.2 Å². The summed E-state index contributed by atoms with van der Waals surface area (Å²) in [5.41, 5.74) is 13.9. The summed E-state index contributed by atoms with van der Waals surface area (Å²) in [5.74, 6) is 0. The van der Waals surface area contributed by atoms with Crippen LogP contribution < -0.4 is 11.1 Å². The van der Waals surface area contributed by atoms with E-state index in [1.165, 1.54) is 75.7 Å². The molecule has 0 bridgehead atoms. The molecule has 0 saturated heterocycles. The molecule has 3 N–H and O–H groups in total. The minimum absolute atomic E-state index is 0.123. The molecule has 270 valence electrons. The summed E-state index contributed by atoms with van der Waals surface area (Å²) in [6, 6.07) is 70.0. The molecule has 2 atom stereocenters. The topological polar surface area (TPSA) is 43.0 Å². The first-order valence-corrected chi connectivity index (χ1v) is 19.7. The molecule has 3 heteroatoms. The predicted molar refractivity (Wildman–Crippen MR) is 243 cm³/mol. The monoisotopic (exact) mass is 729 g/mol. The molecule has 0 saturated carbocycles. The number of nitrogens with one attached hydrogen (secondary N) is 1. The number of rotatable bonds is 7. The van der Waals surface area contributed by atoms with Gasteiger partial charge in [-0.1, -0.05) is 176 Å². The Kier molecular flexibility index (Phi) is 7.95. The number of nitrogens with zero attached hydrogens (tertiary/aromatic N) is 1. The van der Waals surface area contributed by atoms with Crippen molar-refractivity contribution in [1.29, 1.82) is 0 Å². The summed E-state index contributed by atoms with van der Waals surface area (Å²) in [5, 5.41) is 18.8. The number of hydrogen-bond acceptors (Lipinski definition) is 2. The van der Waals surface area contributed by atoms with E-state index >= 15 is 0 Å². The molecule has 0 spiro atoms. The maximum Gasteiger partial charge on any atom is 0.0817 e. The van der Waals surface area contributed by atoms with Crippen LogP contribution in [0.15, 0.2) is 200 Å². The Morgan fingerprint density at radius 3 is 1.79 bits per heavy atom. The number of nitrogens with two attached hydrogens (primary N) is 1. The Morgan fingerprint density at radius 2 is 1.02 bits per heavy atom. The quantitative estimate of drug-likeness (QED) is 0.127. The van der Waals surface area contributed by atoms with E-state index in [0.717, 1.165) is 22.4 Å². The van der Waals surface area contributed by atoms with Gasteiger partial charge in [0.25, 0.3) is 0 Å². The lowest BCUT2D eigenvalue weighted by Crippen LogP contribution is -2.31. The maximum atomic E-state index is 7.08. The molecule has 3 nitrogen and oxygen atoms in total. The van der Waals surface area contributed by atoms with Crippen molar-refractivity contribution in [3.05, 3.63) is 217 Å². The van der Waals surface area contributed by atoms with Crippen LogP contribution >= 0.6 is 0 Å². The lowest BCUT2D eigenvalue weighted by Gasteiger charge is -2.22. The zero-order valence-electron chi connectivity index (χ0n) is 31.3.